The van der Waals surface area contributed by atoms with Gasteiger partial charge in [-0.1, -0.05) is 6.07 Å². The highest BCUT2D eigenvalue weighted by molar-refractivity contribution is 5.43. The fraction of sp³-hybridized carbons (Fsp3) is 0.231. The molecule has 6 heteroatoms. The van der Waals surface area contributed by atoms with Crippen molar-refractivity contribution >= 4 is 11.5 Å². The first kappa shape index (κ1) is 12.9. The first-order valence-corrected chi connectivity index (χ1v) is 5.86. The minimum Gasteiger partial charge on any atom is -0.492 e. The second-order valence-electron chi connectivity index (χ2n) is 3.79. The minimum atomic E-state index is 0.474. The highest BCUT2D eigenvalue weighted by Crippen LogP contribution is 2.14. The Balaban J connectivity index is 1.77. The lowest BCUT2D eigenvalue weighted by Gasteiger charge is -2.08. The first-order chi connectivity index (χ1) is 9.28. The van der Waals surface area contributed by atoms with Gasteiger partial charge in [-0.05, 0) is 12.1 Å². The average molecular weight is 260 g/mol. The van der Waals surface area contributed by atoms with Crippen LogP contribution in [0.3, 0.4) is 0 Å². The highest BCUT2D eigenvalue weighted by atomic mass is 16.5. The number of ether oxygens (including phenoxy) is 2. The van der Waals surface area contributed by atoms with Crippen molar-refractivity contribution < 1.29 is 9.47 Å². The Morgan fingerprint density at radius 3 is 3.00 bits per heavy atom. The van der Waals surface area contributed by atoms with Crippen LogP contribution >= 0.6 is 0 Å². The van der Waals surface area contributed by atoms with Gasteiger partial charge in [-0.3, -0.25) is 4.98 Å². The van der Waals surface area contributed by atoms with Crippen LogP contribution in [0.4, 0.5) is 11.5 Å². The molecule has 3 N–H and O–H groups in total. The van der Waals surface area contributed by atoms with Crippen LogP contribution in [0.5, 0.6) is 11.6 Å². The molecule has 0 saturated carbocycles. The van der Waals surface area contributed by atoms with Crippen LogP contribution in [0, 0.1) is 0 Å². The van der Waals surface area contributed by atoms with Crippen molar-refractivity contribution in [1.29, 1.82) is 0 Å². The summed E-state index contributed by atoms with van der Waals surface area (Å²) in [7, 11) is 1.55. The fourth-order valence-electron chi connectivity index (χ4n) is 1.48. The maximum absolute atomic E-state index is 5.66. The normalized spacial score (nSPS) is 9.95. The van der Waals surface area contributed by atoms with Crippen LogP contribution in [-0.4, -0.2) is 30.2 Å². The van der Waals surface area contributed by atoms with E-state index in [1.165, 1.54) is 0 Å². The van der Waals surface area contributed by atoms with E-state index in [1.807, 2.05) is 18.2 Å². The summed E-state index contributed by atoms with van der Waals surface area (Å²) >= 11 is 0. The monoisotopic (exact) mass is 260 g/mol. The topological polar surface area (TPSA) is 82.3 Å². The van der Waals surface area contributed by atoms with Gasteiger partial charge < -0.3 is 20.5 Å². The summed E-state index contributed by atoms with van der Waals surface area (Å²) in [6.45, 7) is 1.11. The number of nitrogen functional groups attached to an aromatic ring is 1. The Kier molecular flexibility index (Phi) is 4.39. The van der Waals surface area contributed by atoms with Crippen LogP contribution < -0.4 is 20.5 Å². The van der Waals surface area contributed by atoms with E-state index in [0.29, 0.717) is 30.5 Å². The summed E-state index contributed by atoms with van der Waals surface area (Å²) < 4.78 is 10.5. The number of rotatable bonds is 6. The van der Waals surface area contributed by atoms with Gasteiger partial charge in [-0.25, -0.2) is 0 Å². The second-order valence-corrected chi connectivity index (χ2v) is 3.79. The molecule has 0 radical (unpaired) electrons. The molecule has 1 aromatic carbocycles. The molecule has 0 amide bonds. The largest absolute Gasteiger partial charge is 0.492 e. The van der Waals surface area contributed by atoms with Crippen molar-refractivity contribution in [2.45, 2.75) is 0 Å². The smallest absolute Gasteiger partial charge is 0.233 e. The average Bonchev–Trinajstić information content (AvgIpc) is 2.44. The number of benzene rings is 1. The van der Waals surface area contributed by atoms with Crippen molar-refractivity contribution in [2.75, 3.05) is 31.3 Å². The Morgan fingerprint density at radius 2 is 2.21 bits per heavy atom. The molecule has 1 aromatic heterocycles. The number of nitrogens with one attached hydrogen (secondary N) is 1. The van der Waals surface area contributed by atoms with E-state index < -0.39 is 0 Å². The van der Waals surface area contributed by atoms with Gasteiger partial charge in [-0.2, -0.15) is 4.98 Å². The van der Waals surface area contributed by atoms with Gasteiger partial charge in [0.25, 0.3) is 0 Å². The van der Waals surface area contributed by atoms with E-state index in [4.69, 9.17) is 15.2 Å². The molecule has 19 heavy (non-hydrogen) atoms. The Bertz CT molecular complexity index is 534. The van der Waals surface area contributed by atoms with E-state index in [-0.39, 0.29) is 0 Å². The van der Waals surface area contributed by atoms with Crippen LogP contribution in [0.2, 0.25) is 0 Å². The summed E-state index contributed by atoms with van der Waals surface area (Å²) in [5, 5.41) is 3.09. The molecule has 0 aliphatic heterocycles. The highest BCUT2D eigenvalue weighted by Gasteiger charge is 1.98. The minimum absolute atomic E-state index is 0.474. The molecular formula is C13H16N4O2. The second kappa shape index (κ2) is 6.44. The van der Waals surface area contributed by atoms with Crippen molar-refractivity contribution in [2.24, 2.45) is 0 Å². The number of nitrogens with two attached hydrogens (primary N) is 1. The number of hydrogen-bond acceptors (Lipinski definition) is 6. The van der Waals surface area contributed by atoms with E-state index in [1.54, 1.807) is 25.6 Å². The predicted octanol–water partition coefficient (Wildman–Crippen LogP) is 1.56. The molecule has 2 rings (SSSR count). The van der Waals surface area contributed by atoms with Crippen molar-refractivity contribution in [3.8, 4) is 11.6 Å². The number of nitrogens with zero attached hydrogens (tertiary/aromatic N) is 2. The van der Waals surface area contributed by atoms with E-state index in [2.05, 4.69) is 15.3 Å². The molecule has 0 aliphatic carbocycles. The van der Waals surface area contributed by atoms with Crippen molar-refractivity contribution in [3.05, 3.63) is 36.7 Å². The Morgan fingerprint density at radius 1 is 1.32 bits per heavy atom. The van der Waals surface area contributed by atoms with E-state index >= 15 is 0 Å². The van der Waals surface area contributed by atoms with E-state index in [0.717, 1.165) is 5.75 Å². The number of methoxy groups -OCH3 is 1. The lowest BCUT2D eigenvalue weighted by Crippen LogP contribution is -2.12. The lowest BCUT2D eigenvalue weighted by atomic mass is 10.3. The first-order valence-electron chi connectivity index (χ1n) is 5.86. The molecule has 6 nitrogen and oxygen atoms in total. The summed E-state index contributed by atoms with van der Waals surface area (Å²) in [6.07, 6.45) is 3.18. The molecule has 0 spiro atoms. The van der Waals surface area contributed by atoms with Gasteiger partial charge in [0.05, 0.1) is 26.0 Å². The van der Waals surface area contributed by atoms with Gasteiger partial charge in [0.2, 0.25) is 5.88 Å². The van der Waals surface area contributed by atoms with Gasteiger partial charge in [0.1, 0.15) is 18.2 Å². The zero-order chi connectivity index (χ0) is 13.5. The molecular weight excluding hydrogens is 244 g/mol. The Labute approximate surface area is 111 Å². The quantitative estimate of drug-likeness (QED) is 0.606. The van der Waals surface area contributed by atoms with Gasteiger partial charge >= 0.3 is 0 Å². The molecule has 100 valence electrons. The third-order valence-electron chi connectivity index (χ3n) is 2.36. The number of anilines is 2. The third kappa shape index (κ3) is 4.02. The molecule has 1 heterocycles. The summed E-state index contributed by atoms with van der Waals surface area (Å²) in [4.78, 5) is 8.18. The van der Waals surface area contributed by atoms with Crippen LogP contribution in [0.15, 0.2) is 36.7 Å². The SMILES string of the molecule is COc1cncc(NCCOc2cccc(N)c2)n1. The van der Waals surface area contributed by atoms with Crippen LogP contribution in [-0.2, 0) is 0 Å². The zero-order valence-corrected chi connectivity index (χ0v) is 10.7. The van der Waals surface area contributed by atoms with Crippen LogP contribution in [0.25, 0.3) is 0 Å². The Hall–Kier alpha value is -2.50. The van der Waals surface area contributed by atoms with Gasteiger partial charge in [0, 0.05) is 11.8 Å². The molecule has 2 aromatic rings. The van der Waals surface area contributed by atoms with Crippen LogP contribution in [0.1, 0.15) is 0 Å². The molecule has 0 unspecified atom stereocenters. The lowest BCUT2D eigenvalue weighted by molar-refractivity contribution is 0.333. The van der Waals surface area contributed by atoms with Gasteiger partial charge in [0.15, 0.2) is 0 Å². The third-order valence-corrected chi connectivity index (χ3v) is 2.36. The number of hydrogen-bond donors (Lipinski definition) is 2. The predicted molar refractivity (Wildman–Crippen MR) is 73.4 cm³/mol. The molecule has 0 aliphatic rings. The molecule has 0 fully saturated rings. The maximum atomic E-state index is 5.66. The zero-order valence-electron chi connectivity index (χ0n) is 10.7. The summed E-state index contributed by atoms with van der Waals surface area (Å²) in [5.74, 6) is 1.87. The molecule has 0 bridgehead atoms. The number of aromatic nitrogens is 2. The van der Waals surface area contributed by atoms with Crippen molar-refractivity contribution in [1.82, 2.24) is 9.97 Å². The maximum Gasteiger partial charge on any atom is 0.233 e. The summed E-state index contributed by atoms with van der Waals surface area (Å²) in [5.41, 5.74) is 6.34. The van der Waals surface area contributed by atoms with Crippen molar-refractivity contribution in [3.63, 3.8) is 0 Å². The fourth-order valence-corrected chi connectivity index (χ4v) is 1.48. The molecule has 0 saturated heterocycles. The standard InChI is InChI=1S/C13H16N4O2/c1-18-13-9-15-8-12(17-13)16-5-6-19-11-4-2-3-10(14)7-11/h2-4,7-9H,5-6,14H2,1H3,(H,16,17). The summed E-state index contributed by atoms with van der Waals surface area (Å²) in [6, 6.07) is 7.32. The van der Waals surface area contributed by atoms with Gasteiger partial charge in [-0.15, -0.1) is 0 Å². The van der Waals surface area contributed by atoms with E-state index in [9.17, 15) is 0 Å². The molecule has 0 atom stereocenters.